The fourth-order valence-electron chi connectivity index (χ4n) is 5.66. The molecule has 1 fully saturated rings. The molecule has 1 aromatic heterocycles. The predicted octanol–water partition coefficient (Wildman–Crippen LogP) is 5.83. The third-order valence-corrected chi connectivity index (χ3v) is 7.76. The van der Waals surface area contributed by atoms with Crippen LogP contribution in [0.3, 0.4) is 0 Å². The Labute approximate surface area is 257 Å². The Hall–Kier alpha value is -4.34. The average Bonchev–Trinajstić information content (AvgIpc) is 3.49. The first-order chi connectivity index (χ1) is 21.7. The molecule has 0 aliphatic carbocycles. The van der Waals surface area contributed by atoms with Crippen molar-refractivity contribution in [1.82, 2.24) is 14.9 Å². The summed E-state index contributed by atoms with van der Waals surface area (Å²) in [5.41, 5.74) is 4.83. The maximum absolute atomic E-state index is 12.7. The van der Waals surface area contributed by atoms with Crippen molar-refractivity contribution in [2.45, 2.75) is 57.3 Å². The van der Waals surface area contributed by atoms with Crippen LogP contribution >= 0.6 is 0 Å². The van der Waals surface area contributed by atoms with Gasteiger partial charge in [0.25, 0.3) is 0 Å². The smallest absolute Gasteiger partial charge is 0.217 e. The van der Waals surface area contributed by atoms with E-state index in [1.807, 2.05) is 120 Å². The van der Waals surface area contributed by atoms with E-state index in [-0.39, 0.29) is 12.5 Å². The van der Waals surface area contributed by atoms with Gasteiger partial charge >= 0.3 is 0 Å². The van der Waals surface area contributed by atoms with Crippen LogP contribution in [-0.2, 0) is 43.6 Å². The zero-order chi connectivity index (χ0) is 30.1. The average molecular weight is 592 g/mol. The summed E-state index contributed by atoms with van der Waals surface area (Å²) in [6.07, 6.45) is -0.523. The van der Waals surface area contributed by atoms with Crippen LogP contribution in [0.5, 0.6) is 0 Å². The molecule has 0 bridgehead atoms. The van der Waals surface area contributed by atoms with E-state index in [0.717, 1.165) is 27.7 Å². The maximum Gasteiger partial charge on any atom is 0.217 e. The second kappa shape index (κ2) is 14.4. The minimum atomic E-state index is -0.631. The van der Waals surface area contributed by atoms with E-state index in [1.165, 1.54) is 6.92 Å². The second-order valence-electron chi connectivity index (χ2n) is 11.0. The largest absolute Gasteiger partial charge is 0.374 e. The van der Waals surface area contributed by atoms with Crippen molar-refractivity contribution >= 4 is 16.9 Å². The van der Waals surface area contributed by atoms with E-state index in [1.54, 1.807) is 6.33 Å². The Morgan fingerprint density at radius 2 is 1.30 bits per heavy atom. The quantitative estimate of drug-likeness (QED) is 0.197. The van der Waals surface area contributed by atoms with Gasteiger partial charge in [0.1, 0.15) is 24.4 Å². The third-order valence-electron chi connectivity index (χ3n) is 7.76. The van der Waals surface area contributed by atoms with Crippen molar-refractivity contribution in [2.24, 2.45) is 0 Å². The number of imidazole rings is 1. The van der Waals surface area contributed by atoms with Gasteiger partial charge in [0.05, 0.1) is 43.8 Å². The molecule has 1 N–H and O–H groups in total. The van der Waals surface area contributed by atoms with E-state index >= 15 is 0 Å². The van der Waals surface area contributed by atoms with Gasteiger partial charge in [0.15, 0.2) is 6.23 Å². The monoisotopic (exact) mass is 591 g/mol. The van der Waals surface area contributed by atoms with Crippen molar-refractivity contribution in [3.63, 3.8) is 0 Å². The van der Waals surface area contributed by atoms with E-state index < -0.39 is 30.6 Å². The molecule has 0 radical (unpaired) electrons. The molecule has 8 heteroatoms. The summed E-state index contributed by atoms with van der Waals surface area (Å²) in [5.74, 6) is -0.193. The lowest BCUT2D eigenvalue weighted by atomic mass is 9.94. The van der Waals surface area contributed by atoms with Crippen molar-refractivity contribution in [2.75, 3.05) is 6.61 Å². The molecule has 44 heavy (non-hydrogen) atoms. The zero-order valence-corrected chi connectivity index (χ0v) is 24.7. The van der Waals surface area contributed by atoms with Gasteiger partial charge in [-0.1, -0.05) is 103 Å². The first-order valence-corrected chi connectivity index (χ1v) is 14.9. The summed E-state index contributed by atoms with van der Waals surface area (Å²) in [7, 11) is 0. The summed E-state index contributed by atoms with van der Waals surface area (Å²) in [6, 6.07) is 37.3. The lowest BCUT2D eigenvalue weighted by Gasteiger charge is -2.47. The molecule has 0 saturated carbocycles. The zero-order valence-electron chi connectivity index (χ0n) is 24.7. The van der Waals surface area contributed by atoms with Crippen LogP contribution in [0.25, 0.3) is 11.0 Å². The van der Waals surface area contributed by atoms with Gasteiger partial charge in [-0.2, -0.15) is 0 Å². The van der Waals surface area contributed by atoms with E-state index in [2.05, 4.69) is 10.3 Å². The highest BCUT2D eigenvalue weighted by molar-refractivity contribution is 5.75. The van der Waals surface area contributed by atoms with Crippen LogP contribution in [0.4, 0.5) is 0 Å². The van der Waals surface area contributed by atoms with Crippen LogP contribution < -0.4 is 5.32 Å². The number of aromatic nitrogens is 2. The van der Waals surface area contributed by atoms with E-state index in [4.69, 9.17) is 18.9 Å². The van der Waals surface area contributed by atoms with E-state index in [0.29, 0.717) is 19.8 Å². The maximum atomic E-state index is 12.7. The highest BCUT2D eigenvalue weighted by Crippen LogP contribution is 2.35. The summed E-state index contributed by atoms with van der Waals surface area (Å²) in [5, 5.41) is 3.14. The standard InChI is InChI=1S/C36H37N3O5/c1-26(40)38-33-35(43-23-29-17-9-4-10-18-29)34(42-22-28-15-7-3-8-16-28)32(24-41-21-27-13-5-2-6-14-27)44-36(33)39-25-37-30-19-11-12-20-31(30)39/h2-20,25,32-36H,21-24H2,1H3,(H,38,40)/t32-,33-,34+,35-,36-/m1/s1. The number of carbonyl (C=O) groups is 1. The normalized spacial score (nSPS) is 21.7. The predicted molar refractivity (Wildman–Crippen MR) is 167 cm³/mol. The number of para-hydroxylation sites is 2. The molecule has 6 rings (SSSR count). The molecule has 0 unspecified atom stereocenters. The molecule has 1 saturated heterocycles. The molecule has 226 valence electrons. The molecule has 1 aliphatic rings. The highest BCUT2D eigenvalue weighted by Gasteiger charge is 2.49. The minimum absolute atomic E-state index is 0.193. The van der Waals surface area contributed by atoms with E-state index in [9.17, 15) is 4.79 Å². The van der Waals surface area contributed by atoms with Crippen LogP contribution in [0.1, 0.15) is 29.8 Å². The molecule has 1 amide bonds. The molecule has 2 heterocycles. The number of rotatable bonds is 12. The Kier molecular flexibility index (Phi) is 9.74. The second-order valence-corrected chi connectivity index (χ2v) is 11.0. The summed E-state index contributed by atoms with van der Waals surface area (Å²) < 4.78 is 28.4. The molecule has 1 aliphatic heterocycles. The summed E-state index contributed by atoms with van der Waals surface area (Å²) in [6.45, 7) is 2.87. The van der Waals surface area contributed by atoms with Gasteiger partial charge in [-0.05, 0) is 28.8 Å². The Bertz CT molecular complexity index is 1610. The van der Waals surface area contributed by atoms with Gasteiger partial charge in [0, 0.05) is 6.92 Å². The molecule has 4 aromatic carbocycles. The molecular weight excluding hydrogens is 554 g/mol. The fourth-order valence-corrected chi connectivity index (χ4v) is 5.66. The summed E-state index contributed by atoms with van der Waals surface area (Å²) >= 11 is 0. The van der Waals surface area contributed by atoms with Crippen LogP contribution in [-0.4, -0.2) is 46.4 Å². The van der Waals surface area contributed by atoms with Gasteiger partial charge in [-0.15, -0.1) is 0 Å². The van der Waals surface area contributed by atoms with Gasteiger partial charge in [-0.25, -0.2) is 4.98 Å². The lowest BCUT2D eigenvalue weighted by molar-refractivity contribution is -0.248. The fraction of sp³-hybridized carbons (Fsp3) is 0.278. The minimum Gasteiger partial charge on any atom is -0.374 e. The highest BCUT2D eigenvalue weighted by atomic mass is 16.6. The Morgan fingerprint density at radius 3 is 1.91 bits per heavy atom. The molecule has 0 spiro atoms. The van der Waals surface area contributed by atoms with Crippen molar-refractivity contribution in [3.8, 4) is 0 Å². The Morgan fingerprint density at radius 1 is 0.750 bits per heavy atom. The number of nitrogens with zero attached hydrogens (tertiary/aromatic N) is 2. The first kappa shape index (κ1) is 29.7. The SMILES string of the molecule is CC(=O)N[C@@H]1[C@@H](OCc2ccccc2)[C@@H](OCc2ccccc2)[C@@H](COCc2ccccc2)O[C@H]1n1cnc2ccccc21. The number of nitrogens with one attached hydrogen (secondary N) is 1. The number of amides is 1. The number of benzene rings is 4. The van der Waals surface area contributed by atoms with Crippen LogP contribution in [0, 0.1) is 0 Å². The first-order valence-electron chi connectivity index (χ1n) is 14.9. The molecular formula is C36H37N3O5. The Balaban J connectivity index is 1.36. The van der Waals surface area contributed by atoms with Crippen LogP contribution in [0.15, 0.2) is 122 Å². The number of ether oxygens (including phenoxy) is 4. The van der Waals surface area contributed by atoms with Gasteiger partial charge in [0.2, 0.25) is 5.91 Å². The number of fused-ring (bicyclic) bond motifs is 1. The van der Waals surface area contributed by atoms with Crippen molar-refractivity contribution in [1.29, 1.82) is 0 Å². The molecule has 5 aromatic rings. The van der Waals surface area contributed by atoms with Crippen molar-refractivity contribution < 1.29 is 23.7 Å². The number of hydrogen-bond acceptors (Lipinski definition) is 6. The van der Waals surface area contributed by atoms with Crippen LogP contribution in [0.2, 0.25) is 0 Å². The van der Waals surface area contributed by atoms with Gasteiger partial charge < -0.3 is 28.8 Å². The topological polar surface area (TPSA) is 83.8 Å². The summed E-state index contributed by atoms with van der Waals surface area (Å²) in [4.78, 5) is 17.3. The molecule has 5 atom stereocenters. The van der Waals surface area contributed by atoms with Gasteiger partial charge in [-0.3, -0.25) is 4.79 Å². The number of hydrogen-bond donors (Lipinski definition) is 1. The van der Waals surface area contributed by atoms with Crippen molar-refractivity contribution in [3.05, 3.63) is 138 Å². The third kappa shape index (κ3) is 7.23. The molecule has 8 nitrogen and oxygen atoms in total. The lowest BCUT2D eigenvalue weighted by Crippen LogP contribution is -2.63. The number of carbonyl (C=O) groups excluding carboxylic acids is 1.